The summed E-state index contributed by atoms with van der Waals surface area (Å²) in [6, 6.07) is 0. The Balaban J connectivity index is 2.02. The number of hydrogen-bond donors (Lipinski definition) is 2. The number of nitrogens with zero attached hydrogens (tertiary/aromatic N) is 3. The van der Waals surface area contributed by atoms with E-state index in [1.165, 1.54) is 5.57 Å². The van der Waals surface area contributed by atoms with Crippen LogP contribution >= 0.6 is 0 Å². The number of allylic oxidation sites excluding steroid dienone is 3. The van der Waals surface area contributed by atoms with Crippen LogP contribution in [-0.2, 0) is 13.5 Å². The summed E-state index contributed by atoms with van der Waals surface area (Å²) in [7, 11) is 1.82. The molecule has 0 fully saturated rings. The van der Waals surface area contributed by atoms with E-state index in [0.29, 0.717) is 47.9 Å². The number of nitrogens with two attached hydrogens (primary N) is 1. The minimum Gasteiger partial charge on any atom is -0.366 e. The highest BCUT2D eigenvalue weighted by Gasteiger charge is 2.20. The van der Waals surface area contributed by atoms with Crippen molar-refractivity contribution in [2.45, 2.75) is 19.8 Å². The second-order valence-electron chi connectivity index (χ2n) is 5.49. The molecule has 0 aromatic carbocycles. The zero-order chi connectivity index (χ0) is 15.7. The number of aromatic nitrogens is 3. The van der Waals surface area contributed by atoms with Gasteiger partial charge in [0.1, 0.15) is 17.3 Å². The van der Waals surface area contributed by atoms with Gasteiger partial charge in [0.15, 0.2) is 5.82 Å². The van der Waals surface area contributed by atoms with Crippen molar-refractivity contribution in [2.24, 2.45) is 12.8 Å². The standard InChI is InChI=1S/C16H20FN5/c1-10-20-15(19-9-11-5-3-4-6-11)13-14(17)12(7-8-18)22(2)16(13)21-10/h3-5H,6-9,18H2,1-2H3,(H,19,20,21). The molecule has 3 rings (SSSR count). The second-order valence-corrected chi connectivity index (χ2v) is 5.49. The molecule has 0 saturated carbocycles. The van der Waals surface area contributed by atoms with Gasteiger partial charge in [0.25, 0.3) is 0 Å². The lowest BCUT2D eigenvalue weighted by atomic mass is 10.2. The highest BCUT2D eigenvalue weighted by atomic mass is 19.1. The van der Waals surface area contributed by atoms with Gasteiger partial charge in [-0.25, -0.2) is 14.4 Å². The molecule has 2 aromatic rings. The first-order valence-electron chi connectivity index (χ1n) is 7.41. The van der Waals surface area contributed by atoms with Gasteiger partial charge in [0, 0.05) is 20.0 Å². The molecule has 0 unspecified atom stereocenters. The Morgan fingerprint density at radius 3 is 2.91 bits per heavy atom. The van der Waals surface area contributed by atoms with Crippen LogP contribution in [0.25, 0.3) is 11.0 Å². The van der Waals surface area contributed by atoms with Crippen LogP contribution in [0, 0.1) is 12.7 Å². The van der Waals surface area contributed by atoms with E-state index in [-0.39, 0.29) is 5.82 Å². The van der Waals surface area contributed by atoms with Gasteiger partial charge in [-0.05, 0) is 25.5 Å². The molecular formula is C16H20FN5. The summed E-state index contributed by atoms with van der Waals surface area (Å²) >= 11 is 0. The summed E-state index contributed by atoms with van der Waals surface area (Å²) < 4.78 is 16.5. The van der Waals surface area contributed by atoms with E-state index in [0.717, 1.165) is 6.42 Å². The van der Waals surface area contributed by atoms with Gasteiger partial charge in [0.2, 0.25) is 0 Å². The Labute approximate surface area is 128 Å². The smallest absolute Gasteiger partial charge is 0.157 e. The lowest BCUT2D eigenvalue weighted by Gasteiger charge is -2.08. The zero-order valence-corrected chi connectivity index (χ0v) is 12.9. The molecule has 2 heterocycles. The van der Waals surface area contributed by atoms with Crippen LogP contribution < -0.4 is 11.1 Å². The van der Waals surface area contributed by atoms with E-state index in [4.69, 9.17) is 5.73 Å². The van der Waals surface area contributed by atoms with Crippen LogP contribution in [0.3, 0.4) is 0 Å². The molecule has 6 heteroatoms. The number of fused-ring (bicyclic) bond motifs is 1. The minimum absolute atomic E-state index is 0.274. The first-order chi connectivity index (χ1) is 10.6. The van der Waals surface area contributed by atoms with Crippen molar-refractivity contribution in [3.8, 4) is 0 Å². The molecule has 0 amide bonds. The highest BCUT2D eigenvalue weighted by Crippen LogP contribution is 2.28. The topological polar surface area (TPSA) is 68.8 Å². The average molecular weight is 301 g/mol. The molecule has 0 aliphatic heterocycles. The molecule has 1 aliphatic rings. The fourth-order valence-corrected chi connectivity index (χ4v) is 2.78. The molecule has 0 saturated heterocycles. The summed E-state index contributed by atoms with van der Waals surface area (Å²) in [5.41, 5.74) is 8.01. The van der Waals surface area contributed by atoms with Gasteiger partial charge in [-0.1, -0.05) is 18.2 Å². The Morgan fingerprint density at radius 2 is 2.23 bits per heavy atom. The van der Waals surface area contributed by atoms with Crippen molar-refractivity contribution in [2.75, 3.05) is 18.4 Å². The predicted molar refractivity (Wildman–Crippen MR) is 86.3 cm³/mol. The van der Waals surface area contributed by atoms with Crippen molar-refractivity contribution in [3.63, 3.8) is 0 Å². The van der Waals surface area contributed by atoms with Gasteiger partial charge in [0.05, 0.1) is 11.1 Å². The van der Waals surface area contributed by atoms with Crippen molar-refractivity contribution < 1.29 is 4.39 Å². The normalized spacial score (nSPS) is 13.9. The third-order valence-corrected chi connectivity index (χ3v) is 3.91. The summed E-state index contributed by atoms with van der Waals surface area (Å²) in [6.45, 7) is 2.86. The highest BCUT2D eigenvalue weighted by molar-refractivity contribution is 5.89. The van der Waals surface area contributed by atoms with E-state index in [1.54, 1.807) is 4.57 Å². The molecule has 0 spiro atoms. The molecule has 0 atom stereocenters. The van der Waals surface area contributed by atoms with E-state index in [9.17, 15) is 4.39 Å². The first kappa shape index (κ1) is 14.7. The molecule has 3 N–H and O–H groups in total. The van der Waals surface area contributed by atoms with Crippen LogP contribution in [0.4, 0.5) is 10.2 Å². The third-order valence-electron chi connectivity index (χ3n) is 3.91. The summed E-state index contributed by atoms with van der Waals surface area (Å²) in [4.78, 5) is 8.77. The van der Waals surface area contributed by atoms with Crippen LogP contribution in [0.5, 0.6) is 0 Å². The Bertz CT molecular complexity index is 773. The van der Waals surface area contributed by atoms with E-state index >= 15 is 0 Å². The summed E-state index contributed by atoms with van der Waals surface area (Å²) in [5.74, 6) is 0.893. The SMILES string of the molecule is Cc1nc(NCC2=CC=CC2)c2c(F)c(CCN)n(C)c2n1. The Morgan fingerprint density at radius 1 is 1.41 bits per heavy atom. The average Bonchev–Trinajstić information content (AvgIpc) is 3.08. The van der Waals surface area contributed by atoms with Crippen molar-refractivity contribution >= 4 is 16.9 Å². The summed E-state index contributed by atoms with van der Waals surface area (Å²) in [6.07, 6.45) is 7.60. The van der Waals surface area contributed by atoms with Crippen LogP contribution in [-0.4, -0.2) is 27.6 Å². The fraction of sp³-hybridized carbons (Fsp3) is 0.375. The summed E-state index contributed by atoms with van der Waals surface area (Å²) in [5, 5.41) is 3.70. The third kappa shape index (κ3) is 2.50. The molecule has 0 bridgehead atoms. The molecule has 5 nitrogen and oxygen atoms in total. The Kier molecular flexibility index (Phi) is 3.94. The Hall–Kier alpha value is -2.21. The van der Waals surface area contributed by atoms with Gasteiger partial charge in [-0.2, -0.15) is 0 Å². The van der Waals surface area contributed by atoms with E-state index in [2.05, 4.69) is 27.4 Å². The maximum Gasteiger partial charge on any atom is 0.157 e. The van der Waals surface area contributed by atoms with E-state index < -0.39 is 0 Å². The lowest BCUT2D eigenvalue weighted by Crippen LogP contribution is -2.08. The molecule has 2 aromatic heterocycles. The number of aryl methyl sites for hydroxylation is 2. The number of nitrogens with one attached hydrogen (secondary N) is 1. The van der Waals surface area contributed by atoms with Crippen LogP contribution in [0.2, 0.25) is 0 Å². The second kappa shape index (κ2) is 5.88. The van der Waals surface area contributed by atoms with Crippen molar-refractivity contribution in [3.05, 3.63) is 41.1 Å². The maximum atomic E-state index is 14.7. The molecule has 22 heavy (non-hydrogen) atoms. The van der Waals surface area contributed by atoms with Crippen LogP contribution in [0.15, 0.2) is 23.8 Å². The van der Waals surface area contributed by atoms with Gasteiger partial charge in [-0.15, -0.1) is 0 Å². The maximum absolute atomic E-state index is 14.7. The largest absolute Gasteiger partial charge is 0.366 e. The first-order valence-corrected chi connectivity index (χ1v) is 7.41. The molecule has 0 radical (unpaired) electrons. The van der Waals surface area contributed by atoms with E-state index in [1.807, 2.05) is 20.0 Å². The minimum atomic E-state index is -0.274. The predicted octanol–water partition coefficient (Wildman–Crippen LogP) is 2.22. The monoisotopic (exact) mass is 301 g/mol. The van der Waals surface area contributed by atoms with Gasteiger partial charge >= 0.3 is 0 Å². The number of rotatable bonds is 5. The molecular weight excluding hydrogens is 281 g/mol. The van der Waals surface area contributed by atoms with Crippen LogP contribution in [0.1, 0.15) is 17.9 Å². The van der Waals surface area contributed by atoms with Gasteiger partial charge < -0.3 is 15.6 Å². The van der Waals surface area contributed by atoms with Crippen molar-refractivity contribution in [1.29, 1.82) is 0 Å². The number of anilines is 1. The molecule has 116 valence electrons. The molecule has 1 aliphatic carbocycles. The van der Waals surface area contributed by atoms with Gasteiger partial charge in [-0.3, -0.25) is 0 Å². The number of hydrogen-bond acceptors (Lipinski definition) is 4. The zero-order valence-electron chi connectivity index (χ0n) is 12.9. The fourth-order valence-electron chi connectivity index (χ4n) is 2.78. The quantitative estimate of drug-likeness (QED) is 0.888. The van der Waals surface area contributed by atoms with Crippen molar-refractivity contribution in [1.82, 2.24) is 14.5 Å². The number of halogens is 1. The lowest BCUT2D eigenvalue weighted by molar-refractivity contribution is 0.606.